The molecule has 6 nitrogen and oxygen atoms in total. The average Bonchev–Trinajstić information content (AvgIpc) is 2.68. The van der Waals surface area contributed by atoms with Crippen molar-refractivity contribution in [3.63, 3.8) is 0 Å². The first-order valence-corrected chi connectivity index (χ1v) is 8.95. The molecule has 0 aromatic heterocycles. The Balaban J connectivity index is 0.00000392. The fraction of sp³-hybridized carbons (Fsp3) is 0.316. The maximum absolute atomic E-state index is 6.20. The average molecular weight is 540 g/mol. The molecule has 9 heteroatoms. The largest absolute Gasteiger partial charge is 0.493 e. The molecule has 0 amide bonds. The molecule has 154 valence electrons. The minimum absolute atomic E-state index is 0. The number of ether oxygens (including phenoxy) is 3. The van der Waals surface area contributed by atoms with Crippen molar-refractivity contribution in [3.8, 4) is 17.2 Å². The SMILES string of the molecule is CN=C(NCc1cc(OC)c(OC)c(OC)c1)NCc1ccc(Cl)cc1Cl.I. The molecule has 2 aromatic rings. The highest BCUT2D eigenvalue weighted by Crippen LogP contribution is 2.38. The van der Waals surface area contributed by atoms with Crippen LogP contribution < -0.4 is 24.8 Å². The lowest BCUT2D eigenvalue weighted by Gasteiger charge is -2.16. The Bertz CT molecular complexity index is 794. The van der Waals surface area contributed by atoms with Gasteiger partial charge in [-0.15, -0.1) is 24.0 Å². The molecule has 0 saturated carbocycles. The number of halogens is 3. The second-order valence-electron chi connectivity index (χ2n) is 5.55. The van der Waals surface area contributed by atoms with Crippen LogP contribution in [0.3, 0.4) is 0 Å². The highest BCUT2D eigenvalue weighted by Gasteiger charge is 2.13. The Labute approximate surface area is 192 Å². The van der Waals surface area contributed by atoms with Crippen molar-refractivity contribution < 1.29 is 14.2 Å². The summed E-state index contributed by atoms with van der Waals surface area (Å²) in [5, 5.41) is 7.68. The summed E-state index contributed by atoms with van der Waals surface area (Å²) in [6.45, 7) is 1.04. The highest BCUT2D eigenvalue weighted by molar-refractivity contribution is 14.0. The van der Waals surface area contributed by atoms with Gasteiger partial charge in [0.15, 0.2) is 17.5 Å². The van der Waals surface area contributed by atoms with Crippen molar-refractivity contribution in [3.05, 3.63) is 51.5 Å². The topological polar surface area (TPSA) is 64.1 Å². The molecule has 0 aliphatic heterocycles. The Morgan fingerprint density at radius 2 is 1.54 bits per heavy atom. The van der Waals surface area contributed by atoms with Gasteiger partial charge in [0, 0.05) is 30.2 Å². The van der Waals surface area contributed by atoms with Crippen molar-refractivity contribution in [2.24, 2.45) is 4.99 Å². The molecule has 2 N–H and O–H groups in total. The Kier molecular flexibility index (Phi) is 10.6. The van der Waals surface area contributed by atoms with E-state index in [1.807, 2.05) is 18.2 Å². The number of rotatable bonds is 7. The summed E-state index contributed by atoms with van der Waals surface area (Å²) < 4.78 is 16.1. The number of nitrogens with zero attached hydrogens (tertiary/aromatic N) is 1. The minimum Gasteiger partial charge on any atom is -0.493 e. The van der Waals surface area contributed by atoms with E-state index in [-0.39, 0.29) is 24.0 Å². The van der Waals surface area contributed by atoms with E-state index in [1.54, 1.807) is 40.5 Å². The highest BCUT2D eigenvalue weighted by atomic mass is 127. The fourth-order valence-electron chi connectivity index (χ4n) is 2.49. The number of guanidine groups is 1. The van der Waals surface area contributed by atoms with E-state index < -0.39 is 0 Å². The third-order valence-electron chi connectivity index (χ3n) is 3.87. The van der Waals surface area contributed by atoms with E-state index in [4.69, 9.17) is 37.4 Å². The van der Waals surface area contributed by atoms with Crippen LogP contribution in [-0.2, 0) is 13.1 Å². The van der Waals surface area contributed by atoms with Gasteiger partial charge in [-0.2, -0.15) is 0 Å². The molecular formula is C19H24Cl2IN3O3. The lowest BCUT2D eigenvalue weighted by atomic mass is 10.2. The van der Waals surface area contributed by atoms with Gasteiger partial charge in [-0.25, -0.2) is 0 Å². The second kappa shape index (κ2) is 12.1. The predicted octanol–water partition coefficient (Wildman–Crippen LogP) is 4.50. The summed E-state index contributed by atoms with van der Waals surface area (Å²) in [7, 11) is 6.45. The molecular weight excluding hydrogens is 516 g/mol. The predicted molar refractivity (Wildman–Crippen MR) is 125 cm³/mol. The van der Waals surface area contributed by atoms with Crippen LogP contribution >= 0.6 is 47.2 Å². The van der Waals surface area contributed by atoms with Crippen molar-refractivity contribution in [1.82, 2.24) is 10.6 Å². The molecule has 0 spiro atoms. The molecule has 0 heterocycles. The first kappa shape index (κ1) is 24.5. The summed E-state index contributed by atoms with van der Waals surface area (Å²) in [6.07, 6.45) is 0. The summed E-state index contributed by atoms with van der Waals surface area (Å²) in [6, 6.07) is 9.17. The second-order valence-corrected chi connectivity index (χ2v) is 6.39. The minimum atomic E-state index is 0. The van der Waals surface area contributed by atoms with Crippen LogP contribution in [0.5, 0.6) is 17.2 Å². The van der Waals surface area contributed by atoms with E-state index in [1.165, 1.54) is 0 Å². The first-order valence-electron chi connectivity index (χ1n) is 8.19. The van der Waals surface area contributed by atoms with Crippen LogP contribution in [0.15, 0.2) is 35.3 Å². The quantitative estimate of drug-likeness (QED) is 0.308. The van der Waals surface area contributed by atoms with Gasteiger partial charge in [-0.05, 0) is 35.4 Å². The van der Waals surface area contributed by atoms with Crippen LogP contribution in [-0.4, -0.2) is 34.3 Å². The smallest absolute Gasteiger partial charge is 0.203 e. The third-order valence-corrected chi connectivity index (χ3v) is 4.46. The fourth-order valence-corrected chi connectivity index (χ4v) is 2.96. The molecule has 0 unspecified atom stereocenters. The van der Waals surface area contributed by atoms with E-state index in [0.717, 1.165) is 11.1 Å². The van der Waals surface area contributed by atoms with E-state index in [0.29, 0.717) is 46.3 Å². The lowest BCUT2D eigenvalue weighted by Crippen LogP contribution is -2.36. The molecule has 28 heavy (non-hydrogen) atoms. The number of hydrogen-bond acceptors (Lipinski definition) is 4. The van der Waals surface area contributed by atoms with Crippen molar-refractivity contribution in [2.45, 2.75) is 13.1 Å². The van der Waals surface area contributed by atoms with Gasteiger partial charge in [-0.1, -0.05) is 29.3 Å². The molecule has 0 bridgehead atoms. The van der Waals surface area contributed by atoms with Crippen LogP contribution in [0.2, 0.25) is 10.0 Å². The molecule has 0 atom stereocenters. The number of methoxy groups -OCH3 is 3. The van der Waals surface area contributed by atoms with E-state index >= 15 is 0 Å². The summed E-state index contributed by atoms with van der Waals surface area (Å²) in [4.78, 5) is 4.22. The summed E-state index contributed by atoms with van der Waals surface area (Å²) in [5.74, 6) is 2.40. The Hall–Kier alpha value is -1.58. The Morgan fingerprint density at radius 3 is 2.04 bits per heavy atom. The molecule has 2 rings (SSSR count). The van der Waals surface area contributed by atoms with Crippen molar-refractivity contribution >= 4 is 53.1 Å². The summed E-state index contributed by atoms with van der Waals surface area (Å²) >= 11 is 12.1. The number of nitrogens with one attached hydrogen (secondary N) is 2. The van der Waals surface area contributed by atoms with Gasteiger partial charge >= 0.3 is 0 Å². The molecule has 0 saturated heterocycles. The van der Waals surface area contributed by atoms with Gasteiger partial charge in [0.05, 0.1) is 21.3 Å². The van der Waals surface area contributed by atoms with Crippen LogP contribution in [0.25, 0.3) is 0 Å². The third kappa shape index (κ3) is 6.49. The van der Waals surface area contributed by atoms with Crippen molar-refractivity contribution in [2.75, 3.05) is 28.4 Å². The normalized spacial score (nSPS) is 10.7. The van der Waals surface area contributed by atoms with Gasteiger partial charge in [0.2, 0.25) is 5.75 Å². The molecule has 2 aromatic carbocycles. The first-order chi connectivity index (χ1) is 13.0. The van der Waals surface area contributed by atoms with Gasteiger partial charge < -0.3 is 24.8 Å². The zero-order valence-electron chi connectivity index (χ0n) is 16.1. The monoisotopic (exact) mass is 539 g/mol. The number of aliphatic imine (C=N–C) groups is 1. The van der Waals surface area contributed by atoms with Crippen LogP contribution in [0.1, 0.15) is 11.1 Å². The molecule has 0 aliphatic rings. The number of benzene rings is 2. The van der Waals surface area contributed by atoms with Crippen LogP contribution in [0.4, 0.5) is 0 Å². The zero-order valence-corrected chi connectivity index (χ0v) is 20.0. The zero-order chi connectivity index (χ0) is 19.8. The van der Waals surface area contributed by atoms with Gasteiger partial charge in [0.1, 0.15) is 0 Å². The molecule has 0 fully saturated rings. The van der Waals surface area contributed by atoms with Crippen LogP contribution in [0, 0.1) is 0 Å². The standard InChI is InChI=1S/C19H23Cl2N3O3.HI/c1-22-19(24-11-13-5-6-14(20)9-15(13)21)23-10-12-7-16(25-2)18(27-4)17(8-12)26-3;/h5-9H,10-11H2,1-4H3,(H2,22,23,24);1H. The van der Waals surface area contributed by atoms with Gasteiger partial charge in [0.25, 0.3) is 0 Å². The van der Waals surface area contributed by atoms with E-state index in [9.17, 15) is 0 Å². The number of hydrogen-bond donors (Lipinski definition) is 2. The van der Waals surface area contributed by atoms with Gasteiger partial charge in [-0.3, -0.25) is 4.99 Å². The maximum atomic E-state index is 6.20. The lowest BCUT2D eigenvalue weighted by molar-refractivity contribution is 0.323. The van der Waals surface area contributed by atoms with E-state index in [2.05, 4.69) is 15.6 Å². The Morgan fingerprint density at radius 1 is 0.929 bits per heavy atom. The van der Waals surface area contributed by atoms with Crippen molar-refractivity contribution in [1.29, 1.82) is 0 Å². The maximum Gasteiger partial charge on any atom is 0.203 e. The molecule has 0 radical (unpaired) electrons. The summed E-state index contributed by atoms with van der Waals surface area (Å²) in [5.41, 5.74) is 1.88. The molecule has 0 aliphatic carbocycles.